The summed E-state index contributed by atoms with van der Waals surface area (Å²) >= 11 is 0. The smallest absolute Gasteiger partial charge is 0.407 e. The molecule has 1 aliphatic carbocycles. The molecule has 0 radical (unpaired) electrons. The first kappa shape index (κ1) is 13.7. The van der Waals surface area contributed by atoms with E-state index in [9.17, 15) is 4.79 Å². The van der Waals surface area contributed by atoms with Crippen molar-refractivity contribution < 1.29 is 9.53 Å². The Labute approximate surface area is 110 Å². The minimum absolute atomic E-state index is 0.0755. The Hall–Kier alpha value is -0.770. The summed E-state index contributed by atoms with van der Waals surface area (Å²) in [6.45, 7) is 9.04. The molecule has 1 heterocycles. The Morgan fingerprint density at radius 1 is 1.33 bits per heavy atom. The van der Waals surface area contributed by atoms with Gasteiger partial charge in [-0.25, -0.2) is 4.79 Å². The van der Waals surface area contributed by atoms with Crippen molar-refractivity contribution in [2.45, 2.75) is 58.1 Å². The average Bonchev–Trinajstić information content (AvgIpc) is 2.94. The highest BCUT2D eigenvalue weighted by Crippen LogP contribution is 2.32. The molecular weight excluding hydrogens is 228 g/mol. The Balaban J connectivity index is 1.63. The van der Waals surface area contributed by atoms with E-state index in [2.05, 4.69) is 10.2 Å². The molecule has 104 valence electrons. The van der Waals surface area contributed by atoms with Crippen LogP contribution in [0.25, 0.3) is 0 Å². The number of carbonyl (C=O) groups excluding carboxylic acids is 1. The number of hydrogen-bond acceptors (Lipinski definition) is 3. The van der Waals surface area contributed by atoms with Gasteiger partial charge >= 0.3 is 6.09 Å². The molecule has 1 saturated carbocycles. The number of likely N-dealkylation sites (tertiary alicyclic amines) is 1. The van der Waals surface area contributed by atoms with E-state index in [0.29, 0.717) is 0 Å². The lowest BCUT2D eigenvalue weighted by Crippen LogP contribution is -2.42. The van der Waals surface area contributed by atoms with Crippen LogP contribution in [0.4, 0.5) is 4.79 Å². The van der Waals surface area contributed by atoms with Gasteiger partial charge in [0.1, 0.15) is 6.10 Å². The lowest BCUT2D eigenvalue weighted by molar-refractivity contribution is 0.0940. The Morgan fingerprint density at radius 2 is 2.06 bits per heavy atom. The van der Waals surface area contributed by atoms with Crippen molar-refractivity contribution >= 4 is 6.09 Å². The molecule has 2 rings (SSSR count). The van der Waals surface area contributed by atoms with E-state index in [1.807, 2.05) is 20.8 Å². The second-order valence-corrected chi connectivity index (χ2v) is 6.72. The van der Waals surface area contributed by atoms with Gasteiger partial charge in [-0.1, -0.05) is 12.8 Å². The molecule has 18 heavy (non-hydrogen) atoms. The minimum atomic E-state index is -0.281. The summed E-state index contributed by atoms with van der Waals surface area (Å²) in [6, 6.07) is 0. The van der Waals surface area contributed by atoms with Gasteiger partial charge in [0.05, 0.1) is 0 Å². The number of amides is 1. The second kappa shape index (κ2) is 5.47. The fourth-order valence-corrected chi connectivity index (χ4v) is 2.36. The Bertz CT molecular complexity index is 295. The second-order valence-electron chi connectivity index (χ2n) is 6.72. The molecule has 2 fully saturated rings. The summed E-state index contributed by atoms with van der Waals surface area (Å²) in [5.74, 6) is 0.981. The first-order valence-corrected chi connectivity index (χ1v) is 7.13. The van der Waals surface area contributed by atoms with E-state index >= 15 is 0 Å². The fourth-order valence-electron chi connectivity index (χ4n) is 2.36. The highest BCUT2D eigenvalue weighted by Gasteiger charge is 2.28. The number of ether oxygens (including phenoxy) is 1. The summed E-state index contributed by atoms with van der Waals surface area (Å²) in [7, 11) is 0. The van der Waals surface area contributed by atoms with Crippen molar-refractivity contribution in [2.75, 3.05) is 19.6 Å². The summed E-state index contributed by atoms with van der Waals surface area (Å²) in [5.41, 5.74) is -0.221. The minimum Gasteiger partial charge on any atom is -0.445 e. The number of nitrogens with zero attached hydrogens (tertiary/aromatic N) is 1. The van der Waals surface area contributed by atoms with Gasteiger partial charge in [-0.3, -0.25) is 4.90 Å². The van der Waals surface area contributed by atoms with Gasteiger partial charge in [-0.15, -0.1) is 0 Å². The van der Waals surface area contributed by atoms with Gasteiger partial charge < -0.3 is 10.1 Å². The summed E-state index contributed by atoms with van der Waals surface area (Å²) in [4.78, 5) is 14.1. The van der Waals surface area contributed by atoms with Crippen molar-refractivity contribution in [1.29, 1.82) is 0 Å². The Morgan fingerprint density at radius 3 is 2.67 bits per heavy atom. The van der Waals surface area contributed by atoms with E-state index in [0.717, 1.165) is 25.4 Å². The molecule has 1 saturated heterocycles. The van der Waals surface area contributed by atoms with Crippen LogP contribution in [0.2, 0.25) is 0 Å². The zero-order chi connectivity index (χ0) is 13.2. The molecule has 4 heteroatoms. The van der Waals surface area contributed by atoms with E-state index in [1.165, 1.54) is 25.8 Å². The number of carbonyl (C=O) groups is 1. The maximum Gasteiger partial charge on any atom is 0.407 e. The van der Waals surface area contributed by atoms with E-state index < -0.39 is 0 Å². The molecule has 0 aromatic carbocycles. The molecule has 1 N–H and O–H groups in total. The van der Waals surface area contributed by atoms with Gasteiger partial charge in [0.15, 0.2) is 0 Å². The van der Waals surface area contributed by atoms with Crippen molar-refractivity contribution in [3.8, 4) is 0 Å². The van der Waals surface area contributed by atoms with Gasteiger partial charge in [0.25, 0.3) is 0 Å². The normalized spacial score (nSPS) is 25.2. The quantitative estimate of drug-likeness (QED) is 0.837. The molecule has 1 amide bonds. The highest BCUT2D eigenvalue weighted by molar-refractivity contribution is 5.68. The predicted molar refractivity (Wildman–Crippen MR) is 71.6 cm³/mol. The first-order chi connectivity index (χ1) is 8.42. The number of nitrogens with one attached hydrogen (secondary N) is 1. The third-order valence-corrected chi connectivity index (χ3v) is 3.53. The maximum absolute atomic E-state index is 11.6. The van der Waals surface area contributed by atoms with Crippen molar-refractivity contribution in [3.05, 3.63) is 0 Å². The number of rotatable bonds is 4. The lowest BCUT2D eigenvalue weighted by Gasteiger charge is -2.22. The monoisotopic (exact) mass is 254 g/mol. The fraction of sp³-hybridized carbons (Fsp3) is 0.929. The van der Waals surface area contributed by atoms with Crippen LogP contribution >= 0.6 is 0 Å². The van der Waals surface area contributed by atoms with Gasteiger partial charge in [0, 0.05) is 18.6 Å². The first-order valence-electron chi connectivity index (χ1n) is 7.13. The zero-order valence-corrected chi connectivity index (χ0v) is 11.9. The molecule has 1 unspecified atom stereocenters. The standard InChI is InChI=1S/C14H26N2O2/c1-14(2,3)15-13(17)18-12-7-9-16(10-12)8-6-11-4-5-11/h11-12H,4-10H2,1-3H3,(H,15,17). The number of hydrogen-bond donors (Lipinski definition) is 1. The molecule has 0 aromatic heterocycles. The van der Waals surface area contributed by atoms with Crippen LogP contribution in [-0.4, -0.2) is 42.3 Å². The van der Waals surface area contributed by atoms with Crippen LogP contribution in [0.1, 0.15) is 46.5 Å². The molecule has 0 spiro atoms. The van der Waals surface area contributed by atoms with Crippen molar-refractivity contribution in [2.24, 2.45) is 5.92 Å². The van der Waals surface area contributed by atoms with Crippen LogP contribution in [0, 0.1) is 5.92 Å². The topological polar surface area (TPSA) is 41.6 Å². The van der Waals surface area contributed by atoms with Crippen LogP contribution in [0.5, 0.6) is 0 Å². The highest BCUT2D eigenvalue weighted by atomic mass is 16.6. The average molecular weight is 254 g/mol. The van der Waals surface area contributed by atoms with Crippen LogP contribution < -0.4 is 5.32 Å². The SMILES string of the molecule is CC(C)(C)NC(=O)OC1CCN(CCC2CC2)C1. The third kappa shape index (κ3) is 4.84. The van der Waals surface area contributed by atoms with Gasteiger partial charge in [0.2, 0.25) is 0 Å². The summed E-state index contributed by atoms with van der Waals surface area (Å²) in [5, 5.41) is 2.84. The molecule has 0 bridgehead atoms. The van der Waals surface area contributed by atoms with Crippen molar-refractivity contribution in [1.82, 2.24) is 10.2 Å². The summed E-state index contributed by atoms with van der Waals surface area (Å²) < 4.78 is 5.45. The Kier molecular flexibility index (Phi) is 4.15. The molecule has 1 atom stereocenters. The molecule has 1 aliphatic heterocycles. The number of alkyl carbamates (subject to hydrolysis) is 1. The largest absolute Gasteiger partial charge is 0.445 e. The predicted octanol–water partition coefficient (Wildman–Crippen LogP) is 2.39. The van der Waals surface area contributed by atoms with Crippen molar-refractivity contribution in [3.63, 3.8) is 0 Å². The van der Waals surface area contributed by atoms with Gasteiger partial charge in [-0.2, -0.15) is 0 Å². The molecule has 4 nitrogen and oxygen atoms in total. The van der Waals surface area contributed by atoms with Crippen LogP contribution in [0.3, 0.4) is 0 Å². The lowest BCUT2D eigenvalue weighted by atomic mass is 10.1. The van der Waals surface area contributed by atoms with Crippen LogP contribution in [0.15, 0.2) is 0 Å². The molecular formula is C14H26N2O2. The maximum atomic E-state index is 11.6. The van der Waals surface area contributed by atoms with E-state index in [-0.39, 0.29) is 17.7 Å². The van der Waals surface area contributed by atoms with Crippen LogP contribution in [-0.2, 0) is 4.74 Å². The summed E-state index contributed by atoms with van der Waals surface area (Å²) in [6.07, 6.45) is 4.93. The van der Waals surface area contributed by atoms with Gasteiger partial charge in [-0.05, 0) is 46.1 Å². The van der Waals surface area contributed by atoms with E-state index in [4.69, 9.17) is 4.74 Å². The van der Waals surface area contributed by atoms with E-state index in [1.54, 1.807) is 0 Å². The zero-order valence-electron chi connectivity index (χ0n) is 11.9. The third-order valence-electron chi connectivity index (χ3n) is 3.53. The molecule has 0 aromatic rings. The molecule has 2 aliphatic rings.